The fourth-order valence-corrected chi connectivity index (χ4v) is 1.53. The van der Waals surface area contributed by atoms with E-state index in [-0.39, 0.29) is 5.91 Å². The maximum Gasteiger partial charge on any atom is 0.233 e. The molecule has 0 fully saturated rings. The molecule has 0 saturated carbocycles. The van der Waals surface area contributed by atoms with Crippen LogP contribution >= 0.6 is 0 Å². The van der Waals surface area contributed by atoms with Crippen LogP contribution in [-0.4, -0.2) is 16.9 Å². The quantitative estimate of drug-likeness (QED) is 0.393. The summed E-state index contributed by atoms with van der Waals surface area (Å²) in [5.41, 5.74) is 10.0. The van der Waals surface area contributed by atoms with E-state index in [0.29, 0.717) is 12.8 Å². The van der Waals surface area contributed by atoms with E-state index in [1.807, 2.05) is 0 Å². The lowest BCUT2D eigenvalue weighted by Crippen LogP contribution is -2.23. The van der Waals surface area contributed by atoms with Crippen LogP contribution in [0.4, 0.5) is 5.69 Å². The van der Waals surface area contributed by atoms with Crippen molar-refractivity contribution < 1.29 is 4.79 Å². The highest BCUT2D eigenvalue weighted by atomic mass is 16.2. The number of nitrogens with zero attached hydrogens (tertiary/aromatic N) is 3. The minimum Gasteiger partial charge on any atom is -0.363 e. The fraction of sp³-hybridized carbons (Fsp3) is 0.375. The summed E-state index contributed by atoms with van der Waals surface area (Å²) in [4.78, 5) is 17.2. The average molecular weight is 191 g/mol. The van der Waals surface area contributed by atoms with E-state index in [0.717, 1.165) is 11.4 Å². The molecule has 0 aliphatic carbocycles. The number of carbonyl (C=O) groups is 1. The largest absolute Gasteiger partial charge is 0.363 e. The first kappa shape index (κ1) is 8.65. The van der Waals surface area contributed by atoms with Gasteiger partial charge < -0.3 is 10.3 Å². The standard InChI is InChI=1S/C8H9N5O/c9-13-12-7-2-1-5-6(3-4-10-5)11-8(7)14/h3-4,7,10H,1-2H2,(H,11,14). The van der Waals surface area contributed by atoms with E-state index in [2.05, 4.69) is 20.3 Å². The van der Waals surface area contributed by atoms with Gasteiger partial charge in [-0.05, 0) is 24.4 Å². The summed E-state index contributed by atoms with van der Waals surface area (Å²) in [6.07, 6.45) is 3.03. The average Bonchev–Trinajstić information content (AvgIpc) is 2.54. The fourth-order valence-electron chi connectivity index (χ4n) is 1.53. The van der Waals surface area contributed by atoms with Gasteiger partial charge in [0.15, 0.2) is 0 Å². The minimum absolute atomic E-state index is 0.235. The van der Waals surface area contributed by atoms with Crippen molar-refractivity contribution in [2.24, 2.45) is 5.11 Å². The topological polar surface area (TPSA) is 93.7 Å². The second-order valence-electron chi connectivity index (χ2n) is 3.12. The lowest BCUT2D eigenvalue weighted by atomic mass is 10.1. The summed E-state index contributed by atoms with van der Waals surface area (Å²) in [6, 6.07) is 1.20. The number of carbonyl (C=O) groups excluding carboxylic acids is 1. The number of hydrogen-bond donors (Lipinski definition) is 2. The molecule has 1 aromatic rings. The molecule has 2 rings (SSSR count). The Kier molecular flexibility index (Phi) is 2.12. The third-order valence-electron chi connectivity index (χ3n) is 2.25. The first-order valence-electron chi connectivity index (χ1n) is 4.32. The highest BCUT2D eigenvalue weighted by molar-refractivity contribution is 5.96. The Balaban J connectivity index is 2.25. The zero-order valence-corrected chi connectivity index (χ0v) is 7.40. The van der Waals surface area contributed by atoms with Crippen molar-refractivity contribution in [2.45, 2.75) is 18.9 Å². The van der Waals surface area contributed by atoms with Gasteiger partial charge in [0.1, 0.15) is 6.04 Å². The van der Waals surface area contributed by atoms with Gasteiger partial charge >= 0.3 is 0 Å². The van der Waals surface area contributed by atoms with Crippen LogP contribution in [0.2, 0.25) is 0 Å². The van der Waals surface area contributed by atoms with Crippen molar-refractivity contribution in [1.82, 2.24) is 4.98 Å². The first-order valence-corrected chi connectivity index (χ1v) is 4.32. The first-order chi connectivity index (χ1) is 6.81. The molecule has 1 amide bonds. The molecule has 1 aliphatic rings. The molecule has 1 unspecified atom stereocenters. The zero-order valence-electron chi connectivity index (χ0n) is 7.40. The maximum atomic E-state index is 11.5. The van der Waals surface area contributed by atoms with E-state index in [1.165, 1.54) is 0 Å². The van der Waals surface area contributed by atoms with E-state index >= 15 is 0 Å². The van der Waals surface area contributed by atoms with Crippen molar-refractivity contribution in [3.05, 3.63) is 28.4 Å². The summed E-state index contributed by atoms with van der Waals surface area (Å²) < 4.78 is 0. The summed E-state index contributed by atoms with van der Waals surface area (Å²) >= 11 is 0. The van der Waals surface area contributed by atoms with Crippen molar-refractivity contribution >= 4 is 11.6 Å². The summed E-state index contributed by atoms with van der Waals surface area (Å²) in [5.74, 6) is -0.235. The van der Waals surface area contributed by atoms with Gasteiger partial charge in [0.2, 0.25) is 5.91 Å². The molecule has 0 radical (unpaired) electrons. The van der Waals surface area contributed by atoms with Crippen LogP contribution < -0.4 is 5.32 Å². The third kappa shape index (κ3) is 1.43. The SMILES string of the molecule is [N-]=[N+]=NC1CCc2[nH]ccc2NC1=O. The van der Waals surface area contributed by atoms with Crippen molar-refractivity contribution in [2.75, 3.05) is 5.32 Å². The number of hydrogen-bond acceptors (Lipinski definition) is 2. The predicted octanol–water partition coefficient (Wildman–Crippen LogP) is 1.58. The molecule has 1 aliphatic heterocycles. The van der Waals surface area contributed by atoms with Crippen molar-refractivity contribution in [3.8, 4) is 0 Å². The number of azide groups is 1. The molecule has 6 nitrogen and oxygen atoms in total. The minimum atomic E-state index is -0.596. The third-order valence-corrected chi connectivity index (χ3v) is 2.25. The second-order valence-corrected chi connectivity index (χ2v) is 3.12. The molecular formula is C8H9N5O. The molecule has 0 bridgehead atoms. The lowest BCUT2D eigenvalue weighted by molar-refractivity contribution is -0.117. The summed E-state index contributed by atoms with van der Waals surface area (Å²) in [5, 5.41) is 6.14. The van der Waals surface area contributed by atoms with E-state index in [1.54, 1.807) is 12.3 Å². The Bertz CT molecular complexity index is 404. The van der Waals surface area contributed by atoms with Crippen LogP contribution in [0.5, 0.6) is 0 Å². The van der Waals surface area contributed by atoms with Crippen LogP contribution in [0.1, 0.15) is 12.1 Å². The Morgan fingerprint density at radius 1 is 1.64 bits per heavy atom. The summed E-state index contributed by atoms with van der Waals surface area (Å²) in [6.45, 7) is 0. The van der Waals surface area contributed by atoms with Crippen LogP contribution in [0.15, 0.2) is 17.4 Å². The number of nitrogens with one attached hydrogen (secondary N) is 2. The molecular weight excluding hydrogens is 182 g/mol. The number of aryl methyl sites for hydroxylation is 1. The Morgan fingerprint density at radius 2 is 2.50 bits per heavy atom. The Hall–Kier alpha value is -1.94. The number of fused-ring (bicyclic) bond motifs is 1. The molecule has 1 atom stereocenters. The second kappa shape index (κ2) is 3.43. The molecule has 14 heavy (non-hydrogen) atoms. The van der Waals surface area contributed by atoms with Crippen LogP contribution in [0.3, 0.4) is 0 Å². The summed E-state index contributed by atoms with van der Waals surface area (Å²) in [7, 11) is 0. The van der Waals surface area contributed by atoms with Gasteiger partial charge in [-0.15, -0.1) is 0 Å². The van der Waals surface area contributed by atoms with Crippen LogP contribution in [0, 0.1) is 0 Å². The van der Waals surface area contributed by atoms with Gasteiger partial charge in [-0.25, -0.2) is 0 Å². The molecule has 0 aromatic carbocycles. The normalized spacial score (nSPS) is 20.3. The smallest absolute Gasteiger partial charge is 0.233 e. The van der Waals surface area contributed by atoms with Gasteiger partial charge in [-0.2, -0.15) is 0 Å². The highest BCUT2D eigenvalue weighted by Gasteiger charge is 2.22. The van der Waals surface area contributed by atoms with Gasteiger partial charge in [0, 0.05) is 16.8 Å². The number of H-pyrrole nitrogens is 1. The Labute approximate surface area is 79.9 Å². The van der Waals surface area contributed by atoms with Gasteiger partial charge in [-0.3, -0.25) is 4.79 Å². The molecule has 1 aromatic heterocycles. The molecule has 2 N–H and O–H groups in total. The Morgan fingerprint density at radius 3 is 3.29 bits per heavy atom. The number of amides is 1. The lowest BCUT2D eigenvalue weighted by Gasteiger charge is -2.04. The van der Waals surface area contributed by atoms with Gasteiger partial charge in [-0.1, -0.05) is 5.11 Å². The highest BCUT2D eigenvalue weighted by Crippen LogP contribution is 2.21. The van der Waals surface area contributed by atoms with Crippen LogP contribution in [-0.2, 0) is 11.2 Å². The van der Waals surface area contributed by atoms with Gasteiger partial charge in [0.05, 0.1) is 5.69 Å². The van der Waals surface area contributed by atoms with Gasteiger partial charge in [0.25, 0.3) is 0 Å². The zero-order chi connectivity index (χ0) is 9.97. The molecule has 0 spiro atoms. The van der Waals surface area contributed by atoms with E-state index in [4.69, 9.17) is 5.53 Å². The van der Waals surface area contributed by atoms with Crippen molar-refractivity contribution in [3.63, 3.8) is 0 Å². The number of aromatic nitrogens is 1. The predicted molar refractivity (Wildman–Crippen MR) is 50.7 cm³/mol. The van der Waals surface area contributed by atoms with Crippen LogP contribution in [0.25, 0.3) is 10.4 Å². The monoisotopic (exact) mass is 191 g/mol. The van der Waals surface area contributed by atoms with Crippen molar-refractivity contribution in [1.29, 1.82) is 0 Å². The molecule has 6 heteroatoms. The van der Waals surface area contributed by atoms with E-state index < -0.39 is 6.04 Å². The van der Waals surface area contributed by atoms with E-state index in [9.17, 15) is 4.79 Å². The molecule has 72 valence electrons. The maximum absolute atomic E-state index is 11.5. The molecule has 0 saturated heterocycles. The number of anilines is 1. The molecule has 2 heterocycles. The number of rotatable bonds is 1. The number of aromatic amines is 1.